The zero-order valence-electron chi connectivity index (χ0n) is 13.2. The van der Waals surface area contributed by atoms with Crippen LogP contribution in [0.1, 0.15) is 19.8 Å². The maximum Gasteiger partial charge on any atom is 0.233 e. The normalized spacial score (nSPS) is 10.7. The molecule has 0 aliphatic heterocycles. The molecule has 1 amide bonds. The van der Waals surface area contributed by atoms with Crippen LogP contribution in [0.15, 0.2) is 60.7 Å². The molecule has 3 heteroatoms. The van der Waals surface area contributed by atoms with Crippen LogP contribution in [0.2, 0.25) is 0 Å². The molecule has 0 saturated heterocycles. The summed E-state index contributed by atoms with van der Waals surface area (Å²) in [5.41, 5.74) is 2.03. The Kier molecular flexibility index (Phi) is 4.40. The van der Waals surface area contributed by atoms with Gasteiger partial charge in [-0.3, -0.25) is 10.2 Å². The van der Waals surface area contributed by atoms with Gasteiger partial charge in [0.25, 0.3) is 0 Å². The van der Waals surface area contributed by atoms with Crippen LogP contribution in [0, 0.1) is 0 Å². The summed E-state index contributed by atoms with van der Waals surface area (Å²) in [7, 11) is 0. The first-order chi connectivity index (χ1) is 11.2. The van der Waals surface area contributed by atoms with Crippen molar-refractivity contribution in [3.8, 4) is 0 Å². The van der Waals surface area contributed by atoms with E-state index in [4.69, 9.17) is 5.84 Å². The molecule has 3 N–H and O–H groups in total. The van der Waals surface area contributed by atoms with Gasteiger partial charge in [0.05, 0.1) is 0 Å². The third kappa shape index (κ3) is 2.96. The van der Waals surface area contributed by atoms with Gasteiger partial charge in [-0.05, 0) is 38.7 Å². The van der Waals surface area contributed by atoms with Crippen molar-refractivity contribution in [2.24, 2.45) is 5.84 Å². The summed E-state index contributed by atoms with van der Waals surface area (Å²) in [4.78, 5) is 10.2. The number of nitrogens with one attached hydrogen (secondary N) is 1. The summed E-state index contributed by atoms with van der Waals surface area (Å²) in [5.74, 6) is 4.66. The van der Waals surface area contributed by atoms with Gasteiger partial charge in [0.15, 0.2) is 0 Å². The molecule has 0 heterocycles. The fourth-order valence-electron chi connectivity index (χ4n) is 2.97. The number of carbonyl (C=O) groups excluding carboxylic acids is 1. The van der Waals surface area contributed by atoms with Gasteiger partial charge in [0, 0.05) is 6.42 Å². The fourth-order valence-corrected chi connectivity index (χ4v) is 2.97. The van der Waals surface area contributed by atoms with E-state index in [1.165, 1.54) is 32.3 Å². The van der Waals surface area contributed by atoms with E-state index in [1.807, 2.05) is 12.3 Å². The van der Waals surface area contributed by atoms with E-state index < -0.39 is 0 Å². The highest BCUT2D eigenvalue weighted by atomic mass is 16.2. The molecule has 116 valence electrons. The maximum atomic E-state index is 10.2. The third-order valence-corrected chi connectivity index (χ3v) is 4.03. The number of hydrazine groups is 1. The van der Waals surface area contributed by atoms with E-state index in [-0.39, 0.29) is 5.91 Å². The molecular weight excluding hydrogens is 284 g/mol. The van der Waals surface area contributed by atoms with Gasteiger partial charge in [0.1, 0.15) is 0 Å². The van der Waals surface area contributed by atoms with Gasteiger partial charge in [-0.1, -0.05) is 67.6 Å². The Morgan fingerprint density at radius 2 is 1.22 bits per heavy atom. The van der Waals surface area contributed by atoms with E-state index in [1.54, 1.807) is 0 Å². The van der Waals surface area contributed by atoms with Crippen LogP contribution in [0.25, 0.3) is 32.3 Å². The average Bonchev–Trinajstić information content (AvgIpc) is 2.60. The molecule has 3 nitrogen and oxygen atoms in total. The number of rotatable bonds is 2. The van der Waals surface area contributed by atoms with Gasteiger partial charge >= 0.3 is 0 Å². The van der Waals surface area contributed by atoms with Crippen LogP contribution >= 0.6 is 0 Å². The summed E-state index contributed by atoms with van der Waals surface area (Å²) in [5, 5.41) is 8.14. The van der Waals surface area contributed by atoms with Crippen LogP contribution in [-0.2, 0) is 4.79 Å². The minimum atomic E-state index is -0.0949. The molecule has 0 aromatic heterocycles. The Hall–Kier alpha value is -2.65. The van der Waals surface area contributed by atoms with Crippen molar-refractivity contribution in [2.45, 2.75) is 19.8 Å². The summed E-state index contributed by atoms with van der Waals surface area (Å²) >= 11 is 0. The van der Waals surface area contributed by atoms with Crippen molar-refractivity contribution in [1.29, 1.82) is 0 Å². The van der Waals surface area contributed by atoms with E-state index >= 15 is 0 Å². The van der Waals surface area contributed by atoms with Crippen molar-refractivity contribution in [3.05, 3.63) is 60.7 Å². The van der Waals surface area contributed by atoms with Crippen molar-refractivity contribution < 1.29 is 4.79 Å². The highest BCUT2D eigenvalue weighted by Gasteiger charge is 2.05. The molecule has 0 aliphatic carbocycles. The van der Waals surface area contributed by atoms with Crippen molar-refractivity contribution >= 4 is 38.2 Å². The number of hydrogen-bond acceptors (Lipinski definition) is 2. The molecule has 0 fully saturated rings. The molecule has 23 heavy (non-hydrogen) atoms. The van der Waals surface area contributed by atoms with E-state index in [9.17, 15) is 4.79 Å². The Morgan fingerprint density at radius 1 is 0.826 bits per heavy atom. The molecule has 0 saturated carbocycles. The van der Waals surface area contributed by atoms with E-state index in [2.05, 4.69) is 60.7 Å². The van der Waals surface area contributed by atoms with Gasteiger partial charge in [0.2, 0.25) is 5.91 Å². The molecule has 4 rings (SSSR count). The molecular formula is C20H20N2O. The van der Waals surface area contributed by atoms with Gasteiger partial charge in [-0.25, -0.2) is 5.84 Å². The highest BCUT2D eigenvalue weighted by molar-refractivity contribution is 6.22. The minimum Gasteiger partial charge on any atom is -0.294 e. The molecule has 0 aliphatic rings. The first kappa shape index (κ1) is 15.3. The summed E-state index contributed by atoms with van der Waals surface area (Å²) < 4.78 is 0. The fraction of sp³-hybridized carbons (Fsp3) is 0.150. The highest BCUT2D eigenvalue weighted by Crippen LogP contribution is 2.33. The SMILES string of the molecule is CCCC(=O)NN.c1cc2ccc3cccc4ccc(c1)c2c34. The largest absolute Gasteiger partial charge is 0.294 e. The van der Waals surface area contributed by atoms with Crippen LogP contribution in [0.5, 0.6) is 0 Å². The lowest BCUT2D eigenvalue weighted by molar-refractivity contribution is -0.121. The van der Waals surface area contributed by atoms with Crippen LogP contribution in [0.3, 0.4) is 0 Å². The van der Waals surface area contributed by atoms with E-state index in [0.29, 0.717) is 6.42 Å². The lowest BCUT2D eigenvalue weighted by atomic mass is 9.95. The number of carbonyl (C=O) groups is 1. The number of nitrogens with two attached hydrogens (primary N) is 1. The number of benzene rings is 4. The average molecular weight is 304 g/mol. The Labute approximate surface area is 135 Å². The molecule has 0 spiro atoms. The second-order valence-electron chi connectivity index (χ2n) is 5.61. The maximum absolute atomic E-state index is 10.2. The zero-order chi connectivity index (χ0) is 16.2. The van der Waals surface area contributed by atoms with Gasteiger partial charge in [-0.15, -0.1) is 0 Å². The lowest BCUT2D eigenvalue weighted by Crippen LogP contribution is -2.29. The Bertz CT molecular complexity index is 816. The second kappa shape index (κ2) is 6.63. The quantitative estimate of drug-likeness (QED) is 0.250. The van der Waals surface area contributed by atoms with Crippen molar-refractivity contribution in [3.63, 3.8) is 0 Å². The first-order valence-corrected chi connectivity index (χ1v) is 7.86. The monoisotopic (exact) mass is 304 g/mol. The van der Waals surface area contributed by atoms with E-state index in [0.717, 1.165) is 6.42 Å². The minimum absolute atomic E-state index is 0.0949. The number of hydrogen-bond donors (Lipinski definition) is 2. The van der Waals surface area contributed by atoms with Crippen molar-refractivity contribution in [2.75, 3.05) is 0 Å². The van der Waals surface area contributed by atoms with Crippen molar-refractivity contribution in [1.82, 2.24) is 5.43 Å². The van der Waals surface area contributed by atoms with Crippen LogP contribution in [-0.4, -0.2) is 5.91 Å². The smallest absolute Gasteiger partial charge is 0.233 e. The summed E-state index contributed by atoms with van der Waals surface area (Å²) in [6, 6.07) is 21.9. The van der Waals surface area contributed by atoms with Crippen LogP contribution in [0.4, 0.5) is 0 Å². The molecule has 0 unspecified atom stereocenters. The molecule has 4 aromatic rings. The molecule has 0 atom stereocenters. The predicted octanol–water partition coefficient (Wildman–Crippen LogP) is 4.36. The Balaban J connectivity index is 0.000000193. The molecule has 0 bridgehead atoms. The standard InChI is InChI=1S/C16H10.C4H10N2O/c1-3-11-7-9-13-5-2-6-14-10-8-12(4-1)15(11)16(13)14;1-2-3-4(7)6-5/h1-10H;2-3,5H2,1H3,(H,6,7). The molecule has 0 radical (unpaired) electrons. The summed E-state index contributed by atoms with van der Waals surface area (Å²) in [6.45, 7) is 1.93. The topological polar surface area (TPSA) is 55.1 Å². The Morgan fingerprint density at radius 3 is 1.48 bits per heavy atom. The van der Waals surface area contributed by atoms with Gasteiger partial charge < -0.3 is 0 Å². The molecule has 4 aromatic carbocycles. The number of amides is 1. The predicted molar refractivity (Wildman–Crippen MR) is 97.4 cm³/mol. The second-order valence-corrected chi connectivity index (χ2v) is 5.61. The van der Waals surface area contributed by atoms with Crippen LogP contribution < -0.4 is 11.3 Å². The third-order valence-electron chi connectivity index (χ3n) is 4.03. The summed E-state index contributed by atoms with van der Waals surface area (Å²) in [6.07, 6.45) is 1.37. The van der Waals surface area contributed by atoms with Gasteiger partial charge in [-0.2, -0.15) is 0 Å². The first-order valence-electron chi connectivity index (χ1n) is 7.86. The zero-order valence-corrected chi connectivity index (χ0v) is 13.2. The lowest BCUT2D eigenvalue weighted by Gasteiger charge is -2.09.